The molecule has 0 fully saturated rings. The molecule has 0 radical (unpaired) electrons. The van der Waals surface area contributed by atoms with Crippen molar-refractivity contribution in [3.05, 3.63) is 46.1 Å². The highest BCUT2D eigenvalue weighted by Crippen LogP contribution is 2.30. The van der Waals surface area contributed by atoms with E-state index in [1.807, 2.05) is 39.1 Å². The summed E-state index contributed by atoms with van der Waals surface area (Å²) in [6.07, 6.45) is 8.28. The minimum absolute atomic E-state index is 0.496. The van der Waals surface area contributed by atoms with Crippen LogP contribution in [0.4, 0.5) is 0 Å². The number of aryl methyl sites for hydroxylation is 1. The van der Waals surface area contributed by atoms with Gasteiger partial charge in [-0.05, 0) is 38.7 Å². The van der Waals surface area contributed by atoms with E-state index in [0.29, 0.717) is 0 Å². The van der Waals surface area contributed by atoms with Gasteiger partial charge in [0, 0.05) is 50.8 Å². The monoisotopic (exact) mass is 358 g/mol. The van der Waals surface area contributed by atoms with Crippen LogP contribution in [-0.4, -0.2) is 64.6 Å². The second-order valence-electron chi connectivity index (χ2n) is 8.03. The van der Waals surface area contributed by atoms with E-state index in [1.54, 1.807) is 12.4 Å². The lowest BCUT2D eigenvalue weighted by Crippen LogP contribution is -2.29. The van der Waals surface area contributed by atoms with Crippen molar-refractivity contribution >= 4 is 12.4 Å². The number of hydroxylamine groups is 2. The Labute approximate surface area is 156 Å². The number of hydrogen-bond acceptors (Lipinski definition) is 3. The summed E-state index contributed by atoms with van der Waals surface area (Å²) in [7, 11) is 5.59. The zero-order chi connectivity index (χ0) is 19.5. The fourth-order valence-electron chi connectivity index (χ4n) is 2.79. The topological polar surface area (TPSA) is 60.3 Å². The Kier molecular flexibility index (Phi) is 6.08. The molecule has 0 amide bonds. The SMILES string of the molecule is CN(C)CCCn1cc(/C=[N+](/C)[O-])c2ccc(/C=[N+](\[O-])C(C)(C)C)c-2c1. The zero-order valence-electron chi connectivity index (χ0n) is 16.7. The van der Waals surface area contributed by atoms with Crippen molar-refractivity contribution in [3.8, 4) is 11.1 Å². The summed E-state index contributed by atoms with van der Waals surface area (Å²) in [4.78, 5) is 2.15. The maximum Gasteiger partial charge on any atom is 0.183 e. The molecular weight excluding hydrogens is 328 g/mol. The van der Waals surface area contributed by atoms with Gasteiger partial charge in [-0.25, -0.2) is 9.48 Å². The highest BCUT2D eigenvalue weighted by molar-refractivity contribution is 5.96. The van der Waals surface area contributed by atoms with Crippen molar-refractivity contribution in [2.45, 2.75) is 39.3 Å². The average molecular weight is 358 g/mol. The number of pyridine rings is 1. The normalized spacial score (nSPS) is 13.8. The summed E-state index contributed by atoms with van der Waals surface area (Å²) < 4.78 is 3.89. The predicted molar refractivity (Wildman–Crippen MR) is 107 cm³/mol. The van der Waals surface area contributed by atoms with E-state index in [4.69, 9.17) is 0 Å². The van der Waals surface area contributed by atoms with Crippen molar-refractivity contribution in [1.82, 2.24) is 9.47 Å². The Morgan fingerprint density at radius 1 is 1.04 bits per heavy atom. The molecule has 6 nitrogen and oxygen atoms in total. The van der Waals surface area contributed by atoms with Crippen LogP contribution in [0, 0.1) is 10.4 Å². The van der Waals surface area contributed by atoms with Gasteiger partial charge in [-0.15, -0.1) is 0 Å². The van der Waals surface area contributed by atoms with Gasteiger partial charge in [-0.1, -0.05) is 6.07 Å². The number of aromatic nitrogens is 1. The molecule has 0 saturated heterocycles. The Morgan fingerprint density at radius 2 is 1.73 bits per heavy atom. The summed E-state index contributed by atoms with van der Waals surface area (Å²) >= 11 is 0. The molecule has 26 heavy (non-hydrogen) atoms. The number of nitrogens with zero attached hydrogens (tertiary/aromatic N) is 4. The fourth-order valence-corrected chi connectivity index (χ4v) is 2.79. The first-order valence-electron chi connectivity index (χ1n) is 8.91. The lowest BCUT2D eigenvalue weighted by molar-refractivity contribution is -0.530. The van der Waals surface area contributed by atoms with Crippen LogP contribution in [0.15, 0.2) is 24.5 Å². The summed E-state index contributed by atoms with van der Waals surface area (Å²) in [6.45, 7) is 7.49. The van der Waals surface area contributed by atoms with Gasteiger partial charge in [0.1, 0.15) is 7.05 Å². The van der Waals surface area contributed by atoms with Crippen molar-refractivity contribution in [1.29, 1.82) is 0 Å². The van der Waals surface area contributed by atoms with E-state index < -0.39 is 5.54 Å². The Balaban J connectivity index is 2.47. The first-order chi connectivity index (χ1) is 12.1. The second-order valence-corrected chi connectivity index (χ2v) is 8.03. The highest BCUT2D eigenvalue weighted by Gasteiger charge is 2.21. The Bertz CT molecular complexity index is 778. The third-order valence-corrected chi connectivity index (χ3v) is 4.20. The number of rotatable bonds is 6. The number of hydrogen-bond donors (Lipinski definition) is 0. The van der Waals surface area contributed by atoms with Gasteiger partial charge >= 0.3 is 0 Å². The summed E-state index contributed by atoms with van der Waals surface area (Å²) in [5, 5.41) is 23.9. The average Bonchev–Trinajstić information content (AvgIpc) is 2.89. The zero-order valence-corrected chi connectivity index (χ0v) is 16.7. The first kappa shape index (κ1) is 20.0. The Hall–Kier alpha value is -2.34. The van der Waals surface area contributed by atoms with Gasteiger partial charge in [0.25, 0.3) is 0 Å². The smallest absolute Gasteiger partial charge is 0.183 e. The maximum atomic E-state index is 12.4. The minimum Gasteiger partial charge on any atom is -0.624 e. The van der Waals surface area contributed by atoms with E-state index in [9.17, 15) is 10.4 Å². The lowest BCUT2D eigenvalue weighted by atomic mass is 10.0. The van der Waals surface area contributed by atoms with Crippen molar-refractivity contribution < 1.29 is 9.48 Å². The van der Waals surface area contributed by atoms with Crippen LogP contribution in [0.2, 0.25) is 0 Å². The molecule has 0 N–H and O–H groups in total. The number of fused-ring (bicyclic) bond motifs is 1. The molecule has 2 rings (SSSR count). The largest absolute Gasteiger partial charge is 0.624 e. The van der Waals surface area contributed by atoms with Gasteiger partial charge in [0.05, 0.1) is 5.56 Å². The summed E-state index contributed by atoms with van der Waals surface area (Å²) in [6, 6.07) is 3.91. The molecule has 1 aliphatic heterocycles. The molecule has 1 aliphatic carbocycles. The van der Waals surface area contributed by atoms with Gasteiger partial charge in [-0.3, -0.25) is 0 Å². The van der Waals surface area contributed by atoms with Crippen LogP contribution in [0.25, 0.3) is 11.1 Å². The molecule has 0 bridgehead atoms. The maximum absolute atomic E-state index is 12.4. The van der Waals surface area contributed by atoms with Gasteiger partial charge in [-0.2, -0.15) is 0 Å². The molecule has 0 atom stereocenters. The van der Waals surface area contributed by atoms with Crippen LogP contribution in [0.3, 0.4) is 0 Å². The fraction of sp³-hybridized carbons (Fsp3) is 0.500. The molecule has 0 aromatic rings. The Morgan fingerprint density at radius 3 is 2.31 bits per heavy atom. The van der Waals surface area contributed by atoms with Crippen molar-refractivity contribution in [2.24, 2.45) is 0 Å². The first-order valence-corrected chi connectivity index (χ1v) is 8.91. The molecule has 0 aromatic carbocycles. The predicted octanol–water partition coefficient (Wildman–Crippen LogP) is 2.83. The standard InChI is InChI=1S/C20H30N4O2/c1-20(2,3)24(26)14-16-8-9-18-17(12-22(6)25)13-23(15-19(16)18)11-7-10-21(4)5/h8-9,12-15H,7,10-11H2,1-6H3/b22-12-,24-14-. The van der Waals surface area contributed by atoms with Gasteiger partial charge < -0.3 is 19.9 Å². The van der Waals surface area contributed by atoms with Gasteiger partial charge in [0.15, 0.2) is 18.0 Å². The highest BCUT2D eigenvalue weighted by atomic mass is 16.5. The molecule has 2 aliphatic rings. The van der Waals surface area contributed by atoms with Gasteiger partial charge in [0.2, 0.25) is 0 Å². The van der Waals surface area contributed by atoms with Crippen LogP contribution >= 0.6 is 0 Å². The molecule has 1 heterocycles. The summed E-state index contributed by atoms with van der Waals surface area (Å²) in [5.41, 5.74) is 3.19. The van der Waals surface area contributed by atoms with E-state index in [1.165, 1.54) is 7.05 Å². The van der Waals surface area contributed by atoms with Crippen LogP contribution in [-0.2, 0) is 6.54 Å². The van der Waals surface area contributed by atoms with Crippen LogP contribution in [0.5, 0.6) is 0 Å². The van der Waals surface area contributed by atoms with E-state index in [0.717, 1.165) is 51.2 Å². The minimum atomic E-state index is -0.496. The molecule has 0 saturated carbocycles. The third kappa shape index (κ3) is 5.08. The molecule has 0 unspecified atom stereocenters. The lowest BCUT2D eigenvalue weighted by Gasteiger charge is -2.19. The molecule has 0 spiro atoms. The molecule has 6 heteroatoms. The summed E-state index contributed by atoms with van der Waals surface area (Å²) in [5.74, 6) is 0. The second kappa shape index (κ2) is 7.91. The van der Waals surface area contributed by atoms with Crippen molar-refractivity contribution in [2.75, 3.05) is 27.7 Å². The third-order valence-electron chi connectivity index (χ3n) is 4.20. The van der Waals surface area contributed by atoms with Crippen LogP contribution < -0.4 is 0 Å². The molecular formula is C20H30N4O2. The molecule has 0 aromatic heterocycles. The van der Waals surface area contributed by atoms with Crippen LogP contribution in [0.1, 0.15) is 38.3 Å². The van der Waals surface area contributed by atoms with E-state index in [2.05, 4.69) is 29.8 Å². The quantitative estimate of drug-likeness (QED) is 0.345. The van der Waals surface area contributed by atoms with Crippen molar-refractivity contribution in [3.63, 3.8) is 0 Å². The molecule has 142 valence electrons. The van der Waals surface area contributed by atoms with E-state index in [-0.39, 0.29) is 0 Å². The van der Waals surface area contributed by atoms with E-state index >= 15 is 0 Å².